The summed E-state index contributed by atoms with van der Waals surface area (Å²) >= 11 is 1.33. The van der Waals surface area contributed by atoms with E-state index in [1.807, 2.05) is 0 Å². The van der Waals surface area contributed by atoms with Crippen LogP contribution in [0.5, 0.6) is 0 Å². The molecule has 0 heterocycles. The lowest BCUT2D eigenvalue weighted by molar-refractivity contribution is 0.186. The summed E-state index contributed by atoms with van der Waals surface area (Å²) in [6.45, 7) is 0. The van der Waals surface area contributed by atoms with Gasteiger partial charge < -0.3 is 29.8 Å². The Morgan fingerprint density at radius 2 is 1.10 bits per heavy atom. The number of amides is 3. The van der Waals surface area contributed by atoms with Crippen molar-refractivity contribution in [2.24, 2.45) is 5.73 Å². The van der Waals surface area contributed by atoms with E-state index < -0.39 is 28.9 Å². The monoisotopic (exact) mass is 465 g/mol. The summed E-state index contributed by atoms with van der Waals surface area (Å²) < 4.78 is 18.2. The number of nitrogens with two attached hydrogens (primary N) is 1. The van der Waals surface area contributed by atoms with Crippen LogP contribution in [0.3, 0.4) is 0 Å². The average molecular weight is 465 g/mol. The Balaban J connectivity index is 0.00000192. The first-order valence-corrected chi connectivity index (χ1v) is 9.09. The summed E-state index contributed by atoms with van der Waals surface area (Å²) in [7, 11) is 4.72. The minimum Gasteiger partial charge on any atom is -0.465 e. The molecule has 1 aromatic rings. The van der Waals surface area contributed by atoms with Crippen LogP contribution in [0.15, 0.2) is 21.9 Å². The van der Waals surface area contributed by atoms with E-state index in [1.54, 1.807) is 0 Å². The number of carbonyl (C=O) groups excluding carboxylic acids is 4. The second-order valence-corrected chi connectivity index (χ2v) is 6.48. The number of benzene rings is 1. The highest BCUT2D eigenvalue weighted by Crippen LogP contribution is 2.39. The van der Waals surface area contributed by atoms with Gasteiger partial charge in [-0.2, -0.15) is 0 Å². The molecule has 166 valence electrons. The van der Waals surface area contributed by atoms with E-state index in [0.29, 0.717) is 23.5 Å². The van der Waals surface area contributed by atoms with Crippen molar-refractivity contribution in [3.8, 4) is 0 Å². The largest absolute Gasteiger partial charge is 0.465 e. The fourth-order valence-electron chi connectivity index (χ4n) is 1.51. The standard InChI is InChI=1S/C14H16N2O8S2.CH3NO2/c1-21-11(17)15-7-5-8(16-12(18)22-2)10(26-14(20)24-4)6-9(7)25-13(19)23-3;2-1(3)4/h5-6H,1-4H3,(H,15,17)(H,16,18);2H2,(H,3,4). The molecule has 0 bridgehead atoms. The van der Waals surface area contributed by atoms with Crippen molar-refractivity contribution in [3.63, 3.8) is 0 Å². The minimum absolute atomic E-state index is 0.146. The Morgan fingerprint density at radius 1 is 0.767 bits per heavy atom. The molecule has 15 heteroatoms. The predicted molar refractivity (Wildman–Crippen MR) is 107 cm³/mol. The zero-order valence-electron chi connectivity index (χ0n) is 16.2. The summed E-state index contributed by atoms with van der Waals surface area (Å²) in [6.07, 6.45) is -2.93. The molecule has 3 amide bonds. The normalized spacial score (nSPS) is 9.20. The van der Waals surface area contributed by atoms with Crippen molar-refractivity contribution < 1.29 is 48.0 Å². The molecule has 30 heavy (non-hydrogen) atoms. The van der Waals surface area contributed by atoms with Crippen LogP contribution in [0.4, 0.5) is 35.3 Å². The first-order valence-electron chi connectivity index (χ1n) is 7.45. The number of nitrogens with one attached hydrogen (secondary N) is 2. The Bertz CT molecular complexity index is 685. The van der Waals surface area contributed by atoms with Gasteiger partial charge in [-0.25, -0.2) is 24.0 Å². The molecule has 0 atom stereocenters. The Kier molecular flexibility index (Phi) is 12.3. The molecule has 0 aliphatic heterocycles. The molecular formula is C15H19N3O10S2. The number of ether oxygens (including phenoxy) is 4. The second-order valence-electron chi connectivity index (χ2n) is 4.53. The molecule has 13 nitrogen and oxygen atoms in total. The smallest absolute Gasteiger partial charge is 0.411 e. The van der Waals surface area contributed by atoms with E-state index in [9.17, 15) is 19.2 Å². The number of carboxylic acid groups (broad SMARTS) is 1. The van der Waals surface area contributed by atoms with Gasteiger partial charge in [-0.1, -0.05) is 0 Å². The van der Waals surface area contributed by atoms with Crippen LogP contribution in [0, 0.1) is 0 Å². The third kappa shape index (κ3) is 10.3. The van der Waals surface area contributed by atoms with Crippen LogP contribution < -0.4 is 16.4 Å². The van der Waals surface area contributed by atoms with Crippen molar-refractivity contribution in [3.05, 3.63) is 12.1 Å². The van der Waals surface area contributed by atoms with Gasteiger partial charge in [0.25, 0.3) is 0 Å². The fourth-order valence-corrected chi connectivity index (χ4v) is 2.90. The lowest BCUT2D eigenvalue weighted by atomic mass is 10.2. The molecule has 0 aromatic heterocycles. The number of carbonyl (C=O) groups is 5. The number of rotatable bonds is 4. The van der Waals surface area contributed by atoms with E-state index in [1.165, 1.54) is 26.4 Å². The van der Waals surface area contributed by atoms with Gasteiger partial charge in [-0.15, -0.1) is 0 Å². The van der Waals surface area contributed by atoms with Crippen molar-refractivity contribution in [1.82, 2.24) is 0 Å². The lowest BCUT2D eigenvalue weighted by Crippen LogP contribution is -2.15. The van der Waals surface area contributed by atoms with Crippen molar-refractivity contribution in [2.45, 2.75) is 9.79 Å². The molecule has 0 saturated heterocycles. The van der Waals surface area contributed by atoms with Crippen molar-refractivity contribution >= 4 is 63.8 Å². The van der Waals surface area contributed by atoms with Gasteiger partial charge in [-0.3, -0.25) is 10.6 Å². The SMILES string of the molecule is COC(=O)Nc1cc(NC(=O)OC)c(SC(=O)OC)cc1SC(=O)OC.NC(=O)O. The maximum Gasteiger partial charge on any atom is 0.411 e. The van der Waals surface area contributed by atoms with E-state index in [4.69, 9.17) is 9.90 Å². The third-order valence-electron chi connectivity index (χ3n) is 2.65. The van der Waals surface area contributed by atoms with Gasteiger partial charge in [0.2, 0.25) is 0 Å². The molecule has 0 fully saturated rings. The summed E-state index contributed by atoms with van der Waals surface area (Å²) in [5.41, 5.74) is 4.32. The quantitative estimate of drug-likeness (QED) is 0.288. The first kappa shape index (κ1) is 26.7. The van der Waals surface area contributed by atoms with Gasteiger partial charge in [0, 0.05) is 9.79 Å². The molecule has 5 N–H and O–H groups in total. The van der Waals surface area contributed by atoms with Crippen LogP contribution in [-0.4, -0.2) is 62.4 Å². The number of primary amides is 1. The molecular weight excluding hydrogens is 446 g/mol. The van der Waals surface area contributed by atoms with Gasteiger partial charge >= 0.3 is 28.9 Å². The van der Waals surface area contributed by atoms with E-state index >= 15 is 0 Å². The topological polar surface area (TPSA) is 193 Å². The third-order valence-corrected chi connectivity index (χ3v) is 4.43. The predicted octanol–water partition coefficient (Wildman–Crippen LogP) is 3.38. The maximum absolute atomic E-state index is 11.6. The highest BCUT2D eigenvalue weighted by atomic mass is 32.2. The van der Waals surface area contributed by atoms with Crippen LogP contribution in [0.1, 0.15) is 0 Å². The van der Waals surface area contributed by atoms with E-state index in [2.05, 4.69) is 35.3 Å². The van der Waals surface area contributed by atoms with Crippen LogP contribution >= 0.6 is 23.5 Å². The highest BCUT2D eigenvalue weighted by molar-refractivity contribution is 8.14. The molecule has 0 saturated carbocycles. The maximum atomic E-state index is 11.6. The molecule has 0 radical (unpaired) electrons. The second kappa shape index (κ2) is 13.8. The van der Waals surface area contributed by atoms with Gasteiger partial charge in [0.1, 0.15) is 0 Å². The van der Waals surface area contributed by atoms with Crippen molar-refractivity contribution in [2.75, 3.05) is 39.1 Å². The minimum atomic E-state index is -1.33. The Morgan fingerprint density at radius 3 is 1.37 bits per heavy atom. The average Bonchev–Trinajstić information content (AvgIpc) is 2.69. The van der Waals surface area contributed by atoms with E-state index in [-0.39, 0.29) is 21.2 Å². The Labute approximate surface area is 178 Å². The summed E-state index contributed by atoms with van der Waals surface area (Å²) in [4.78, 5) is 55.6. The Hall–Kier alpha value is -3.33. The van der Waals surface area contributed by atoms with Crippen molar-refractivity contribution in [1.29, 1.82) is 0 Å². The molecule has 1 rings (SSSR count). The molecule has 1 aromatic carbocycles. The number of methoxy groups -OCH3 is 4. The van der Waals surface area contributed by atoms with Crippen LogP contribution in [0.2, 0.25) is 0 Å². The van der Waals surface area contributed by atoms with Crippen LogP contribution in [0.25, 0.3) is 0 Å². The number of anilines is 2. The zero-order valence-corrected chi connectivity index (χ0v) is 17.8. The molecule has 0 aliphatic carbocycles. The first-order chi connectivity index (χ1) is 14.1. The molecule has 0 spiro atoms. The van der Waals surface area contributed by atoms with Gasteiger partial charge in [-0.05, 0) is 35.7 Å². The number of hydrogen-bond donors (Lipinski definition) is 4. The van der Waals surface area contributed by atoms with E-state index in [0.717, 1.165) is 14.2 Å². The molecule has 0 aliphatic rings. The highest BCUT2D eigenvalue weighted by Gasteiger charge is 2.20. The fraction of sp³-hybridized carbons (Fsp3) is 0.267. The summed E-state index contributed by atoms with van der Waals surface area (Å²) in [5.74, 6) is 0. The molecule has 0 unspecified atom stereocenters. The zero-order chi connectivity index (χ0) is 23.3. The van der Waals surface area contributed by atoms with Gasteiger partial charge in [0.15, 0.2) is 0 Å². The summed E-state index contributed by atoms with van der Waals surface area (Å²) in [6, 6.07) is 2.74. The van der Waals surface area contributed by atoms with Gasteiger partial charge in [0.05, 0.1) is 39.8 Å². The van der Waals surface area contributed by atoms with Crippen LogP contribution in [-0.2, 0) is 18.9 Å². The summed E-state index contributed by atoms with van der Waals surface area (Å²) in [5, 5.41) is 10.7. The lowest BCUT2D eigenvalue weighted by Gasteiger charge is -2.15. The number of thioether (sulfide) groups is 2. The number of hydrogen-bond acceptors (Lipinski definition) is 11.